The first-order valence-electron chi connectivity index (χ1n) is 6.94. The van der Waals surface area contributed by atoms with E-state index >= 15 is 0 Å². The Morgan fingerprint density at radius 1 is 0.952 bits per heavy atom. The molecule has 0 aliphatic carbocycles. The quantitative estimate of drug-likeness (QED) is 0.778. The molecule has 4 heteroatoms. The summed E-state index contributed by atoms with van der Waals surface area (Å²) >= 11 is 0. The predicted octanol–water partition coefficient (Wildman–Crippen LogP) is 3.29. The summed E-state index contributed by atoms with van der Waals surface area (Å²) in [6, 6.07) is 13.9. The van der Waals surface area contributed by atoms with E-state index in [1.54, 1.807) is 13.3 Å². The molecule has 0 aliphatic rings. The van der Waals surface area contributed by atoms with Crippen molar-refractivity contribution in [3.05, 3.63) is 60.6 Å². The van der Waals surface area contributed by atoms with Crippen LogP contribution in [0, 0.1) is 0 Å². The molecule has 106 valence electrons. The zero-order chi connectivity index (χ0) is 14.5. The van der Waals surface area contributed by atoms with Gasteiger partial charge < -0.3 is 10.1 Å². The molecular weight excluding hydrogens is 262 g/mol. The zero-order valence-corrected chi connectivity index (χ0v) is 11.9. The van der Waals surface area contributed by atoms with Crippen LogP contribution in [0.4, 0.5) is 5.82 Å². The van der Waals surface area contributed by atoms with E-state index in [2.05, 4.69) is 15.3 Å². The Balaban J connectivity index is 1.78. The maximum Gasteiger partial charge on any atom is 0.133 e. The first-order chi connectivity index (χ1) is 10.4. The highest BCUT2D eigenvalue weighted by molar-refractivity contribution is 5.95. The second-order valence-electron chi connectivity index (χ2n) is 4.71. The Labute approximate surface area is 123 Å². The lowest BCUT2D eigenvalue weighted by Crippen LogP contribution is -2.07. The van der Waals surface area contributed by atoms with E-state index in [4.69, 9.17) is 4.74 Å². The predicted molar refractivity (Wildman–Crippen MR) is 84.7 cm³/mol. The fraction of sp³-hybridized carbons (Fsp3) is 0.176. The average Bonchev–Trinajstić information content (AvgIpc) is 2.55. The summed E-state index contributed by atoms with van der Waals surface area (Å²) in [7, 11) is 1.68. The third-order valence-electron chi connectivity index (χ3n) is 3.39. The van der Waals surface area contributed by atoms with Gasteiger partial charge in [-0.05, 0) is 24.3 Å². The zero-order valence-electron chi connectivity index (χ0n) is 11.9. The van der Waals surface area contributed by atoms with Crippen LogP contribution in [0.25, 0.3) is 10.8 Å². The number of rotatable bonds is 5. The second-order valence-corrected chi connectivity index (χ2v) is 4.71. The number of fused-ring (bicyclic) bond motifs is 1. The van der Waals surface area contributed by atoms with Crippen LogP contribution in [-0.4, -0.2) is 23.6 Å². The van der Waals surface area contributed by atoms with Crippen molar-refractivity contribution in [1.82, 2.24) is 9.97 Å². The van der Waals surface area contributed by atoms with E-state index in [0.29, 0.717) is 0 Å². The monoisotopic (exact) mass is 279 g/mol. The molecule has 2 aromatic heterocycles. The summed E-state index contributed by atoms with van der Waals surface area (Å²) < 4.78 is 5.39. The smallest absolute Gasteiger partial charge is 0.133 e. The minimum Gasteiger partial charge on any atom is -0.496 e. The third kappa shape index (κ3) is 2.94. The van der Waals surface area contributed by atoms with E-state index in [-0.39, 0.29) is 0 Å². The van der Waals surface area contributed by atoms with Crippen LogP contribution in [0.2, 0.25) is 0 Å². The van der Waals surface area contributed by atoms with Crippen molar-refractivity contribution in [3.8, 4) is 5.75 Å². The van der Waals surface area contributed by atoms with Crippen LogP contribution in [0.3, 0.4) is 0 Å². The molecule has 0 aliphatic heterocycles. The number of methoxy groups -OCH3 is 1. The molecule has 3 rings (SSSR count). The summed E-state index contributed by atoms with van der Waals surface area (Å²) in [4.78, 5) is 8.75. The maximum atomic E-state index is 5.39. The molecule has 0 fully saturated rings. The van der Waals surface area contributed by atoms with Crippen LogP contribution in [0.15, 0.2) is 54.9 Å². The molecule has 0 saturated heterocycles. The molecule has 0 spiro atoms. The fourth-order valence-corrected chi connectivity index (χ4v) is 2.35. The summed E-state index contributed by atoms with van der Waals surface area (Å²) in [5, 5.41) is 5.51. The number of hydrogen-bond acceptors (Lipinski definition) is 4. The van der Waals surface area contributed by atoms with Gasteiger partial charge in [0.15, 0.2) is 0 Å². The van der Waals surface area contributed by atoms with E-state index in [1.807, 2.05) is 48.7 Å². The van der Waals surface area contributed by atoms with Gasteiger partial charge in [0.25, 0.3) is 0 Å². The van der Waals surface area contributed by atoms with Gasteiger partial charge in [0.05, 0.1) is 7.11 Å². The lowest BCUT2D eigenvalue weighted by Gasteiger charge is -2.10. The number of hydrogen-bond donors (Lipinski definition) is 1. The minimum absolute atomic E-state index is 0.792. The lowest BCUT2D eigenvalue weighted by atomic mass is 10.1. The summed E-state index contributed by atoms with van der Waals surface area (Å²) in [5.41, 5.74) is 1.07. The molecule has 4 nitrogen and oxygen atoms in total. The first-order valence-corrected chi connectivity index (χ1v) is 6.94. The van der Waals surface area contributed by atoms with Crippen molar-refractivity contribution >= 4 is 16.6 Å². The molecule has 1 N–H and O–H groups in total. The number of pyridine rings is 2. The van der Waals surface area contributed by atoms with Crippen LogP contribution in [-0.2, 0) is 6.42 Å². The van der Waals surface area contributed by atoms with E-state index in [0.717, 1.165) is 41.0 Å². The molecule has 0 atom stereocenters. The maximum absolute atomic E-state index is 5.39. The van der Waals surface area contributed by atoms with Gasteiger partial charge in [-0.15, -0.1) is 0 Å². The van der Waals surface area contributed by atoms with Crippen LogP contribution < -0.4 is 10.1 Å². The number of anilines is 1. The van der Waals surface area contributed by atoms with Crippen molar-refractivity contribution in [2.45, 2.75) is 6.42 Å². The van der Waals surface area contributed by atoms with Gasteiger partial charge in [0.2, 0.25) is 0 Å². The highest BCUT2D eigenvalue weighted by Gasteiger charge is 2.05. The average molecular weight is 279 g/mol. The van der Waals surface area contributed by atoms with Gasteiger partial charge in [-0.1, -0.05) is 18.2 Å². The molecule has 0 radical (unpaired) electrons. The molecule has 0 unspecified atom stereocenters. The van der Waals surface area contributed by atoms with E-state index in [9.17, 15) is 0 Å². The Morgan fingerprint density at radius 2 is 1.90 bits per heavy atom. The molecule has 0 saturated carbocycles. The molecule has 21 heavy (non-hydrogen) atoms. The van der Waals surface area contributed by atoms with Gasteiger partial charge in [0.1, 0.15) is 11.6 Å². The molecule has 3 aromatic rings. The Morgan fingerprint density at radius 3 is 2.71 bits per heavy atom. The first kappa shape index (κ1) is 13.4. The van der Waals surface area contributed by atoms with Crippen LogP contribution >= 0.6 is 0 Å². The van der Waals surface area contributed by atoms with Gasteiger partial charge >= 0.3 is 0 Å². The van der Waals surface area contributed by atoms with Crippen molar-refractivity contribution < 1.29 is 4.74 Å². The van der Waals surface area contributed by atoms with Crippen molar-refractivity contribution in [3.63, 3.8) is 0 Å². The standard InChI is InChI=1S/C17H17N3O/c1-21-16-7-4-6-15-14(16)9-12-20-17(15)19-11-8-13-5-2-3-10-18-13/h2-7,9-10,12H,8,11H2,1H3,(H,19,20). The topological polar surface area (TPSA) is 47.0 Å². The molecule has 0 bridgehead atoms. The van der Waals surface area contributed by atoms with Crippen molar-refractivity contribution in [2.24, 2.45) is 0 Å². The van der Waals surface area contributed by atoms with E-state index in [1.165, 1.54) is 0 Å². The van der Waals surface area contributed by atoms with Crippen LogP contribution in [0.1, 0.15) is 5.69 Å². The number of nitrogens with zero attached hydrogens (tertiary/aromatic N) is 2. The SMILES string of the molecule is COc1cccc2c(NCCc3ccccn3)nccc12. The van der Waals surface area contributed by atoms with Crippen LogP contribution in [0.5, 0.6) is 5.75 Å². The normalized spacial score (nSPS) is 10.5. The Bertz CT molecular complexity index is 728. The number of ether oxygens (including phenoxy) is 1. The van der Waals surface area contributed by atoms with Crippen molar-refractivity contribution in [2.75, 3.05) is 19.0 Å². The Hall–Kier alpha value is -2.62. The summed E-state index contributed by atoms with van der Waals surface area (Å²) in [5.74, 6) is 1.74. The van der Waals surface area contributed by atoms with E-state index < -0.39 is 0 Å². The third-order valence-corrected chi connectivity index (χ3v) is 3.39. The largest absolute Gasteiger partial charge is 0.496 e. The van der Waals surface area contributed by atoms with Gasteiger partial charge in [0, 0.05) is 41.8 Å². The highest BCUT2D eigenvalue weighted by atomic mass is 16.5. The number of nitrogens with one attached hydrogen (secondary N) is 1. The van der Waals surface area contributed by atoms with Gasteiger partial charge in [-0.25, -0.2) is 4.98 Å². The van der Waals surface area contributed by atoms with Crippen molar-refractivity contribution in [1.29, 1.82) is 0 Å². The van der Waals surface area contributed by atoms with Gasteiger partial charge in [-0.3, -0.25) is 4.98 Å². The lowest BCUT2D eigenvalue weighted by molar-refractivity contribution is 0.420. The molecule has 2 heterocycles. The Kier molecular flexibility index (Phi) is 3.96. The highest BCUT2D eigenvalue weighted by Crippen LogP contribution is 2.28. The molecule has 1 aromatic carbocycles. The summed E-state index contributed by atoms with van der Waals surface area (Å²) in [6.45, 7) is 0.792. The second kappa shape index (κ2) is 6.22. The fourth-order valence-electron chi connectivity index (χ4n) is 2.35. The molecule has 0 amide bonds. The summed E-state index contributed by atoms with van der Waals surface area (Å²) in [6.07, 6.45) is 4.48. The minimum atomic E-state index is 0.792. The molecular formula is C17H17N3O. The number of aromatic nitrogens is 2. The number of benzene rings is 1. The van der Waals surface area contributed by atoms with Gasteiger partial charge in [-0.2, -0.15) is 0 Å².